The first-order valence-electron chi connectivity index (χ1n) is 5.96. The van der Waals surface area contributed by atoms with Crippen LogP contribution < -0.4 is 5.32 Å². The molecule has 94 valence electrons. The van der Waals surface area contributed by atoms with Gasteiger partial charge in [0.25, 0.3) is 0 Å². The fraction of sp³-hybridized carbons (Fsp3) is 0.917. The lowest BCUT2D eigenvalue weighted by molar-refractivity contribution is -0.135. The smallest absolute Gasteiger partial charge is 0.241 e. The van der Waals surface area contributed by atoms with E-state index >= 15 is 0 Å². The van der Waals surface area contributed by atoms with Gasteiger partial charge in [0.2, 0.25) is 5.91 Å². The van der Waals surface area contributed by atoms with Crippen LogP contribution in [0, 0.1) is 5.41 Å². The number of likely N-dealkylation sites (N-methyl/N-ethyl adjacent to an activating group) is 1. The molecule has 0 aromatic carbocycles. The van der Waals surface area contributed by atoms with Crippen molar-refractivity contribution in [3.63, 3.8) is 0 Å². The second kappa shape index (κ2) is 5.64. The molecule has 1 atom stereocenters. The predicted octanol–water partition coefficient (Wildman–Crippen LogP) is 0.869. The molecule has 16 heavy (non-hydrogen) atoms. The van der Waals surface area contributed by atoms with Gasteiger partial charge in [-0.1, -0.05) is 20.8 Å². The summed E-state index contributed by atoms with van der Waals surface area (Å²) in [7, 11) is 1.87. The Hall–Kier alpha value is -0.610. The molecule has 0 aromatic rings. The van der Waals surface area contributed by atoms with E-state index in [0.717, 1.165) is 19.5 Å². The molecule has 0 spiro atoms. The number of nitrogens with zero attached hydrogens (tertiary/aromatic N) is 1. The highest BCUT2D eigenvalue weighted by atomic mass is 16.5. The van der Waals surface area contributed by atoms with E-state index in [1.165, 1.54) is 0 Å². The second-order valence-corrected chi connectivity index (χ2v) is 5.65. The van der Waals surface area contributed by atoms with Gasteiger partial charge in [0.15, 0.2) is 0 Å². The van der Waals surface area contributed by atoms with E-state index in [1.807, 2.05) is 7.05 Å². The van der Waals surface area contributed by atoms with Crippen molar-refractivity contribution in [1.82, 2.24) is 10.2 Å². The molecule has 1 amide bonds. The van der Waals surface area contributed by atoms with Gasteiger partial charge in [0, 0.05) is 20.1 Å². The van der Waals surface area contributed by atoms with E-state index in [1.54, 1.807) is 4.90 Å². The first kappa shape index (κ1) is 13.5. The van der Waals surface area contributed by atoms with Crippen LogP contribution in [0.3, 0.4) is 0 Å². The molecule has 0 radical (unpaired) electrons. The minimum Gasteiger partial charge on any atom is -0.378 e. The topological polar surface area (TPSA) is 41.6 Å². The first-order valence-corrected chi connectivity index (χ1v) is 5.96. The summed E-state index contributed by atoms with van der Waals surface area (Å²) in [5.74, 6) is 0.143. The summed E-state index contributed by atoms with van der Waals surface area (Å²) in [5, 5.41) is 3.18. The Morgan fingerprint density at radius 3 is 2.69 bits per heavy atom. The van der Waals surface area contributed by atoms with Crippen molar-refractivity contribution < 1.29 is 9.53 Å². The van der Waals surface area contributed by atoms with E-state index in [-0.39, 0.29) is 17.4 Å². The van der Waals surface area contributed by atoms with E-state index in [2.05, 4.69) is 26.1 Å². The second-order valence-electron chi connectivity index (χ2n) is 5.65. The first-order chi connectivity index (χ1) is 7.40. The molecule has 1 unspecified atom stereocenters. The maximum atomic E-state index is 12.0. The molecule has 1 aliphatic rings. The summed E-state index contributed by atoms with van der Waals surface area (Å²) < 4.78 is 5.29. The van der Waals surface area contributed by atoms with Crippen molar-refractivity contribution in [1.29, 1.82) is 0 Å². The maximum Gasteiger partial charge on any atom is 0.241 e. The number of morpholine rings is 1. The third-order valence-corrected chi connectivity index (χ3v) is 2.79. The highest BCUT2D eigenvalue weighted by Gasteiger charge is 2.24. The Morgan fingerprint density at radius 2 is 2.19 bits per heavy atom. The molecule has 1 aliphatic heterocycles. The Labute approximate surface area is 98.3 Å². The number of nitrogens with one attached hydrogen (secondary N) is 1. The molecular formula is C12H24N2O2. The minimum atomic E-state index is -0.154. The van der Waals surface area contributed by atoms with E-state index in [4.69, 9.17) is 4.74 Å². The van der Waals surface area contributed by atoms with Gasteiger partial charge in [-0.2, -0.15) is 0 Å². The number of hydrogen-bond acceptors (Lipinski definition) is 3. The molecule has 1 saturated heterocycles. The molecule has 0 aliphatic carbocycles. The van der Waals surface area contributed by atoms with Gasteiger partial charge in [-0.15, -0.1) is 0 Å². The Bertz CT molecular complexity index is 230. The molecule has 1 N–H and O–H groups in total. The van der Waals surface area contributed by atoms with Gasteiger partial charge in [0.05, 0.1) is 13.2 Å². The van der Waals surface area contributed by atoms with Crippen molar-refractivity contribution in [2.45, 2.75) is 33.2 Å². The predicted molar refractivity (Wildman–Crippen MR) is 64.3 cm³/mol. The Morgan fingerprint density at radius 1 is 1.50 bits per heavy atom. The van der Waals surface area contributed by atoms with Crippen LogP contribution in [0.2, 0.25) is 0 Å². The Kier molecular flexibility index (Phi) is 4.74. The lowest BCUT2D eigenvalue weighted by Crippen LogP contribution is -2.51. The van der Waals surface area contributed by atoms with Crippen LogP contribution in [0.15, 0.2) is 0 Å². The van der Waals surface area contributed by atoms with Crippen LogP contribution in [0.1, 0.15) is 27.2 Å². The fourth-order valence-electron chi connectivity index (χ4n) is 1.60. The number of amides is 1. The van der Waals surface area contributed by atoms with Crippen LogP contribution in [-0.4, -0.2) is 50.2 Å². The average Bonchev–Trinajstić information content (AvgIpc) is 2.25. The summed E-state index contributed by atoms with van der Waals surface area (Å²) in [5.41, 5.74) is 0.269. The SMILES string of the molecule is CN(CCC(C)(C)C)C(=O)C1COCCN1. The van der Waals surface area contributed by atoms with Gasteiger partial charge < -0.3 is 15.0 Å². The summed E-state index contributed by atoms with van der Waals surface area (Å²) in [6.07, 6.45) is 1.02. The summed E-state index contributed by atoms with van der Waals surface area (Å²) in [6.45, 7) is 9.34. The standard InChI is InChI=1S/C12H24N2O2/c1-12(2,3)5-7-14(4)11(15)10-9-16-8-6-13-10/h10,13H,5-9H2,1-4H3. The number of hydrogen-bond donors (Lipinski definition) is 1. The molecular weight excluding hydrogens is 204 g/mol. The van der Waals surface area contributed by atoms with Crippen LogP contribution in [-0.2, 0) is 9.53 Å². The number of carbonyl (C=O) groups excluding carboxylic acids is 1. The number of ether oxygens (including phenoxy) is 1. The van der Waals surface area contributed by atoms with E-state index < -0.39 is 0 Å². The zero-order chi connectivity index (χ0) is 12.2. The van der Waals surface area contributed by atoms with Crippen molar-refractivity contribution in [3.05, 3.63) is 0 Å². The van der Waals surface area contributed by atoms with Crippen LogP contribution in [0.5, 0.6) is 0 Å². The highest BCUT2D eigenvalue weighted by molar-refractivity contribution is 5.81. The van der Waals surface area contributed by atoms with Gasteiger partial charge in [-0.05, 0) is 11.8 Å². The van der Waals surface area contributed by atoms with Crippen LogP contribution >= 0.6 is 0 Å². The fourth-order valence-corrected chi connectivity index (χ4v) is 1.60. The summed E-state index contributed by atoms with van der Waals surface area (Å²) in [6, 6.07) is -0.154. The molecule has 0 bridgehead atoms. The average molecular weight is 228 g/mol. The van der Waals surface area contributed by atoms with E-state index in [0.29, 0.717) is 13.2 Å². The van der Waals surface area contributed by atoms with Crippen molar-refractivity contribution in [2.24, 2.45) is 5.41 Å². The van der Waals surface area contributed by atoms with Gasteiger partial charge in [-0.3, -0.25) is 4.79 Å². The third kappa shape index (κ3) is 4.49. The van der Waals surface area contributed by atoms with Crippen LogP contribution in [0.25, 0.3) is 0 Å². The largest absolute Gasteiger partial charge is 0.378 e. The molecule has 0 aromatic heterocycles. The molecule has 0 saturated carbocycles. The van der Waals surface area contributed by atoms with Gasteiger partial charge in [-0.25, -0.2) is 0 Å². The number of carbonyl (C=O) groups is 1. The molecule has 4 heteroatoms. The summed E-state index contributed by atoms with van der Waals surface area (Å²) >= 11 is 0. The Balaban J connectivity index is 2.34. The van der Waals surface area contributed by atoms with Gasteiger partial charge in [0.1, 0.15) is 6.04 Å². The third-order valence-electron chi connectivity index (χ3n) is 2.79. The lowest BCUT2D eigenvalue weighted by atomic mass is 9.92. The quantitative estimate of drug-likeness (QED) is 0.779. The normalized spacial score (nSPS) is 21.9. The molecule has 1 heterocycles. The van der Waals surface area contributed by atoms with Gasteiger partial charge >= 0.3 is 0 Å². The summed E-state index contributed by atoms with van der Waals surface area (Å²) in [4.78, 5) is 13.8. The molecule has 1 rings (SSSR count). The monoisotopic (exact) mass is 228 g/mol. The highest BCUT2D eigenvalue weighted by Crippen LogP contribution is 2.18. The molecule has 4 nitrogen and oxygen atoms in total. The van der Waals surface area contributed by atoms with Crippen molar-refractivity contribution in [2.75, 3.05) is 33.4 Å². The van der Waals surface area contributed by atoms with Crippen molar-refractivity contribution >= 4 is 5.91 Å². The van der Waals surface area contributed by atoms with Crippen molar-refractivity contribution in [3.8, 4) is 0 Å². The zero-order valence-electron chi connectivity index (χ0n) is 10.9. The molecule has 1 fully saturated rings. The minimum absolute atomic E-state index is 0.143. The van der Waals surface area contributed by atoms with Crippen LogP contribution in [0.4, 0.5) is 0 Å². The maximum absolute atomic E-state index is 12.0. The zero-order valence-corrected chi connectivity index (χ0v) is 10.9. The number of rotatable bonds is 3. The lowest BCUT2D eigenvalue weighted by Gasteiger charge is -2.29. The van der Waals surface area contributed by atoms with E-state index in [9.17, 15) is 4.79 Å².